The van der Waals surface area contributed by atoms with Crippen LogP contribution in [-0.4, -0.2) is 29.2 Å². The lowest BCUT2D eigenvalue weighted by Gasteiger charge is -2.29. The van der Waals surface area contributed by atoms with Gasteiger partial charge in [0.1, 0.15) is 0 Å². The lowest BCUT2D eigenvalue weighted by atomic mass is 9.98. The molecule has 1 saturated heterocycles. The molecule has 2 rings (SSSR count). The lowest BCUT2D eigenvalue weighted by Crippen LogP contribution is -2.36. The smallest absolute Gasteiger partial charge is 0.311 e. The molecule has 0 radical (unpaired) electrons. The van der Waals surface area contributed by atoms with Crippen LogP contribution in [0.3, 0.4) is 0 Å². The Morgan fingerprint density at radius 3 is 3.00 bits per heavy atom. The van der Waals surface area contributed by atoms with Crippen LogP contribution in [0.5, 0.6) is 0 Å². The van der Waals surface area contributed by atoms with E-state index in [4.69, 9.17) is 4.74 Å². The molecule has 0 aromatic carbocycles. The fourth-order valence-corrected chi connectivity index (χ4v) is 2.07. The van der Waals surface area contributed by atoms with Crippen LogP contribution in [0.1, 0.15) is 19.0 Å². The zero-order valence-electron chi connectivity index (χ0n) is 10.5. The highest BCUT2D eigenvalue weighted by Crippen LogP contribution is 2.26. The van der Waals surface area contributed by atoms with Gasteiger partial charge in [-0.3, -0.25) is 10.1 Å². The summed E-state index contributed by atoms with van der Waals surface area (Å²) in [5.74, 6) is 0.680. The minimum atomic E-state index is -0.404. The van der Waals surface area contributed by atoms with Crippen molar-refractivity contribution in [1.29, 1.82) is 0 Å². The molecule has 1 aliphatic rings. The molecule has 0 aliphatic carbocycles. The highest BCUT2D eigenvalue weighted by Gasteiger charge is 2.25. The van der Waals surface area contributed by atoms with E-state index in [0.29, 0.717) is 24.9 Å². The average Bonchev–Trinajstić information content (AvgIpc) is 2.32. The molecule has 1 N–H and O–H groups in total. The standard InChI is InChI=1S/C12H17N3O3/c1-8-7-18-6-5-10(8)14-12-11(15(16)17)4-3-9(2)13-12/h3-4,8,10H,5-7H2,1-2H3,(H,13,14). The summed E-state index contributed by atoms with van der Waals surface area (Å²) in [6.45, 7) is 5.25. The van der Waals surface area contributed by atoms with Crippen molar-refractivity contribution in [1.82, 2.24) is 4.98 Å². The zero-order valence-corrected chi connectivity index (χ0v) is 10.5. The first-order valence-electron chi connectivity index (χ1n) is 6.04. The van der Waals surface area contributed by atoms with Crippen molar-refractivity contribution in [3.63, 3.8) is 0 Å². The van der Waals surface area contributed by atoms with Crippen molar-refractivity contribution in [3.8, 4) is 0 Å². The van der Waals surface area contributed by atoms with Gasteiger partial charge in [-0.05, 0) is 25.3 Å². The third kappa shape index (κ3) is 2.76. The first kappa shape index (κ1) is 12.8. The van der Waals surface area contributed by atoms with E-state index in [-0.39, 0.29) is 11.7 Å². The number of rotatable bonds is 3. The highest BCUT2D eigenvalue weighted by molar-refractivity contribution is 5.56. The predicted octanol–water partition coefficient (Wildman–Crippen LogP) is 2.14. The SMILES string of the molecule is Cc1ccc([N+](=O)[O-])c(NC2CCOCC2C)n1. The quantitative estimate of drug-likeness (QED) is 0.657. The van der Waals surface area contributed by atoms with Gasteiger partial charge in [-0.1, -0.05) is 6.92 Å². The van der Waals surface area contributed by atoms with Crippen molar-refractivity contribution >= 4 is 11.5 Å². The van der Waals surface area contributed by atoms with Gasteiger partial charge in [0.15, 0.2) is 0 Å². The molecular weight excluding hydrogens is 234 g/mol. The number of hydrogen-bond acceptors (Lipinski definition) is 5. The summed E-state index contributed by atoms with van der Waals surface area (Å²) in [5, 5.41) is 14.1. The molecule has 18 heavy (non-hydrogen) atoms. The maximum absolute atomic E-state index is 11.0. The van der Waals surface area contributed by atoms with E-state index in [1.165, 1.54) is 6.07 Å². The Bertz CT molecular complexity index is 450. The van der Waals surface area contributed by atoms with Gasteiger partial charge < -0.3 is 10.1 Å². The first-order valence-corrected chi connectivity index (χ1v) is 6.04. The number of nitrogens with zero attached hydrogens (tertiary/aromatic N) is 2. The van der Waals surface area contributed by atoms with E-state index in [9.17, 15) is 10.1 Å². The van der Waals surface area contributed by atoms with Crippen molar-refractivity contribution in [2.24, 2.45) is 5.92 Å². The van der Waals surface area contributed by atoms with Crippen LogP contribution in [0.25, 0.3) is 0 Å². The molecule has 2 unspecified atom stereocenters. The molecule has 0 bridgehead atoms. The second kappa shape index (κ2) is 5.30. The third-order valence-corrected chi connectivity index (χ3v) is 3.17. The summed E-state index contributed by atoms with van der Waals surface area (Å²) in [4.78, 5) is 14.8. The van der Waals surface area contributed by atoms with Crippen molar-refractivity contribution in [2.75, 3.05) is 18.5 Å². The molecule has 6 nitrogen and oxygen atoms in total. The van der Waals surface area contributed by atoms with Crippen LogP contribution in [0.2, 0.25) is 0 Å². The van der Waals surface area contributed by atoms with Crippen LogP contribution in [0, 0.1) is 23.0 Å². The van der Waals surface area contributed by atoms with Crippen molar-refractivity contribution in [3.05, 3.63) is 27.9 Å². The summed E-state index contributed by atoms with van der Waals surface area (Å²) in [5.41, 5.74) is 0.794. The van der Waals surface area contributed by atoms with E-state index >= 15 is 0 Å². The molecule has 2 atom stereocenters. The number of anilines is 1. The Labute approximate surface area is 106 Å². The molecule has 1 aromatic heterocycles. The Morgan fingerprint density at radius 1 is 1.56 bits per heavy atom. The Kier molecular flexibility index (Phi) is 3.76. The van der Waals surface area contributed by atoms with Crippen molar-refractivity contribution < 1.29 is 9.66 Å². The lowest BCUT2D eigenvalue weighted by molar-refractivity contribution is -0.384. The summed E-state index contributed by atoms with van der Waals surface area (Å²) < 4.78 is 5.36. The molecular formula is C12H17N3O3. The number of aryl methyl sites for hydroxylation is 1. The van der Waals surface area contributed by atoms with E-state index in [1.807, 2.05) is 6.92 Å². The molecule has 0 spiro atoms. The van der Waals surface area contributed by atoms with E-state index in [1.54, 1.807) is 6.07 Å². The van der Waals surface area contributed by atoms with Gasteiger partial charge >= 0.3 is 5.69 Å². The Balaban J connectivity index is 2.21. The largest absolute Gasteiger partial charge is 0.381 e. The van der Waals surface area contributed by atoms with Gasteiger partial charge in [0.05, 0.1) is 11.5 Å². The van der Waals surface area contributed by atoms with Gasteiger partial charge in [-0.2, -0.15) is 0 Å². The number of aromatic nitrogens is 1. The number of nitro groups is 1. The maximum Gasteiger partial charge on any atom is 0.311 e. The molecule has 2 heterocycles. The third-order valence-electron chi connectivity index (χ3n) is 3.17. The van der Waals surface area contributed by atoms with Gasteiger partial charge in [-0.15, -0.1) is 0 Å². The monoisotopic (exact) mass is 251 g/mol. The van der Waals surface area contributed by atoms with Gasteiger partial charge in [0.2, 0.25) is 5.82 Å². The molecule has 98 valence electrons. The number of pyridine rings is 1. The Hall–Kier alpha value is -1.69. The summed E-state index contributed by atoms with van der Waals surface area (Å²) >= 11 is 0. The summed E-state index contributed by atoms with van der Waals surface area (Å²) in [6.07, 6.45) is 0.841. The van der Waals surface area contributed by atoms with Crippen LogP contribution < -0.4 is 5.32 Å². The highest BCUT2D eigenvalue weighted by atomic mass is 16.6. The minimum Gasteiger partial charge on any atom is -0.381 e. The predicted molar refractivity (Wildman–Crippen MR) is 67.6 cm³/mol. The van der Waals surface area contributed by atoms with Gasteiger partial charge in [0.25, 0.3) is 0 Å². The van der Waals surface area contributed by atoms with Crippen LogP contribution in [-0.2, 0) is 4.74 Å². The van der Waals surface area contributed by atoms with Crippen molar-refractivity contribution in [2.45, 2.75) is 26.3 Å². The Morgan fingerprint density at radius 2 is 2.33 bits per heavy atom. The topological polar surface area (TPSA) is 77.3 Å². The molecule has 6 heteroatoms. The number of nitrogens with one attached hydrogen (secondary N) is 1. The van der Waals surface area contributed by atoms with Gasteiger partial charge in [-0.25, -0.2) is 4.98 Å². The van der Waals surface area contributed by atoms with Crippen LogP contribution in [0.15, 0.2) is 12.1 Å². The first-order chi connectivity index (χ1) is 8.58. The number of hydrogen-bond donors (Lipinski definition) is 1. The fourth-order valence-electron chi connectivity index (χ4n) is 2.07. The second-order valence-electron chi connectivity index (χ2n) is 4.67. The van der Waals surface area contributed by atoms with E-state index in [2.05, 4.69) is 17.2 Å². The van der Waals surface area contributed by atoms with Crippen LogP contribution >= 0.6 is 0 Å². The van der Waals surface area contributed by atoms with E-state index < -0.39 is 4.92 Å². The van der Waals surface area contributed by atoms with Gasteiger partial charge in [0, 0.05) is 24.4 Å². The normalized spacial score (nSPS) is 23.7. The maximum atomic E-state index is 11.0. The van der Waals surface area contributed by atoms with E-state index in [0.717, 1.165) is 12.1 Å². The second-order valence-corrected chi connectivity index (χ2v) is 4.67. The molecule has 0 saturated carbocycles. The zero-order chi connectivity index (χ0) is 13.1. The molecule has 1 aromatic rings. The fraction of sp³-hybridized carbons (Fsp3) is 0.583. The summed E-state index contributed by atoms with van der Waals surface area (Å²) in [7, 11) is 0. The number of ether oxygens (including phenoxy) is 1. The van der Waals surface area contributed by atoms with Crippen LogP contribution in [0.4, 0.5) is 11.5 Å². The molecule has 1 aliphatic heterocycles. The molecule has 0 amide bonds. The summed E-state index contributed by atoms with van der Waals surface area (Å²) in [6, 6.07) is 3.32. The minimum absolute atomic E-state index is 0.0271. The average molecular weight is 251 g/mol. The molecule has 1 fully saturated rings.